The van der Waals surface area contributed by atoms with E-state index in [0.717, 1.165) is 40.0 Å². The lowest BCUT2D eigenvalue weighted by atomic mass is 10.1. The van der Waals surface area contributed by atoms with E-state index in [4.69, 9.17) is 0 Å². The Kier molecular flexibility index (Phi) is 8.65. The Bertz CT molecular complexity index is 1280. The van der Waals surface area contributed by atoms with Crippen molar-refractivity contribution in [1.82, 2.24) is 20.2 Å². The van der Waals surface area contributed by atoms with E-state index in [1.807, 2.05) is 24.4 Å². The molecule has 0 atom stereocenters. The van der Waals surface area contributed by atoms with Gasteiger partial charge in [-0.15, -0.1) is 24.0 Å². The summed E-state index contributed by atoms with van der Waals surface area (Å²) in [5, 5.41) is 7.67. The first-order valence-electron chi connectivity index (χ1n) is 10.6. The number of halogens is 2. The number of guanidine groups is 1. The van der Waals surface area contributed by atoms with E-state index >= 15 is 0 Å². The SMILES string of the molecule is CN=C(NCCc1c[nH]c2cc(F)ccc12)NCc1ccc(Cn2ccccc2=O)cc1.I. The van der Waals surface area contributed by atoms with Crippen LogP contribution in [0.25, 0.3) is 10.9 Å². The molecule has 6 nitrogen and oxygen atoms in total. The average Bonchev–Trinajstić information content (AvgIpc) is 3.20. The van der Waals surface area contributed by atoms with E-state index in [9.17, 15) is 9.18 Å². The smallest absolute Gasteiger partial charge is 0.250 e. The average molecular weight is 559 g/mol. The van der Waals surface area contributed by atoms with Crippen LogP contribution in [0.2, 0.25) is 0 Å². The number of rotatable bonds is 7. The van der Waals surface area contributed by atoms with Crippen LogP contribution in [0.1, 0.15) is 16.7 Å². The number of hydrogen-bond donors (Lipinski definition) is 3. The molecular formula is C25H27FIN5O. The van der Waals surface area contributed by atoms with Crippen molar-refractivity contribution in [3.05, 3.63) is 106 Å². The minimum atomic E-state index is -0.240. The van der Waals surface area contributed by atoms with Crippen molar-refractivity contribution in [3.8, 4) is 0 Å². The molecule has 0 saturated heterocycles. The molecule has 0 aliphatic carbocycles. The highest BCUT2D eigenvalue weighted by molar-refractivity contribution is 14.0. The summed E-state index contributed by atoms with van der Waals surface area (Å²) in [5.41, 5.74) is 4.13. The predicted molar refractivity (Wildman–Crippen MR) is 142 cm³/mol. The van der Waals surface area contributed by atoms with Gasteiger partial charge in [-0.3, -0.25) is 9.79 Å². The zero-order valence-electron chi connectivity index (χ0n) is 18.3. The lowest BCUT2D eigenvalue weighted by molar-refractivity contribution is 0.629. The Labute approximate surface area is 209 Å². The molecule has 0 radical (unpaired) electrons. The largest absolute Gasteiger partial charge is 0.361 e. The summed E-state index contributed by atoms with van der Waals surface area (Å²) in [6.45, 7) is 1.89. The number of fused-ring (bicyclic) bond motifs is 1. The summed E-state index contributed by atoms with van der Waals surface area (Å²) in [5.74, 6) is 0.478. The van der Waals surface area contributed by atoms with E-state index in [1.165, 1.54) is 12.1 Å². The van der Waals surface area contributed by atoms with Gasteiger partial charge in [-0.1, -0.05) is 30.3 Å². The van der Waals surface area contributed by atoms with Crippen LogP contribution >= 0.6 is 24.0 Å². The second-order valence-corrected chi connectivity index (χ2v) is 7.59. The number of nitrogens with zero attached hydrogens (tertiary/aromatic N) is 2. The molecule has 2 aromatic heterocycles. The summed E-state index contributed by atoms with van der Waals surface area (Å²) >= 11 is 0. The third-order valence-electron chi connectivity index (χ3n) is 5.37. The van der Waals surface area contributed by atoms with Gasteiger partial charge in [-0.05, 0) is 47.4 Å². The van der Waals surface area contributed by atoms with Gasteiger partial charge in [0.05, 0.1) is 6.54 Å². The molecule has 0 aliphatic rings. The van der Waals surface area contributed by atoms with Crippen LogP contribution in [-0.4, -0.2) is 29.1 Å². The third kappa shape index (κ3) is 6.44. The first-order valence-corrected chi connectivity index (χ1v) is 10.6. The molecule has 2 aromatic carbocycles. The van der Waals surface area contributed by atoms with Gasteiger partial charge in [-0.2, -0.15) is 0 Å². The first kappa shape index (κ1) is 24.5. The van der Waals surface area contributed by atoms with Crippen molar-refractivity contribution in [2.75, 3.05) is 13.6 Å². The summed E-state index contributed by atoms with van der Waals surface area (Å²) in [7, 11) is 1.74. The van der Waals surface area contributed by atoms with Crippen molar-refractivity contribution in [1.29, 1.82) is 0 Å². The van der Waals surface area contributed by atoms with Gasteiger partial charge in [0.2, 0.25) is 0 Å². The topological polar surface area (TPSA) is 74.2 Å². The summed E-state index contributed by atoms with van der Waals surface area (Å²) < 4.78 is 15.0. The molecule has 172 valence electrons. The molecule has 4 rings (SSSR count). The van der Waals surface area contributed by atoms with Gasteiger partial charge >= 0.3 is 0 Å². The van der Waals surface area contributed by atoms with E-state index in [0.29, 0.717) is 19.6 Å². The normalized spacial score (nSPS) is 11.3. The number of aliphatic imine (C=N–C) groups is 1. The number of benzene rings is 2. The molecule has 0 bridgehead atoms. The molecule has 0 saturated carbocycles. The number of pyridine rings is 1. The maximum atomic E-state index is 13.3. The van der Waals surface area contributed by atoms with E-state index in [2.05, 4.69) is 32.7 Å². The fourth-order valence-electron chi connectivity index (χ4n) is 3.64. The van der Waals surface area contributed by atoms with E-state index < -0.39 is 0 Å². The molecule has 0 unspecified atom stereocenters. The molecule has 0 aliphatic heterocycles. The number of hydrogen-bond acceptors (Lipinski definition) is 2. The minimum Gasteiger partial charge on any atom is -0.361 e. The zero-order valence-corrected chi connectivity index (χ0v) is 20.7. The fourth-order valence-corrected chi connectivity index (χ4v) is 3.64. The van der Waals surface area contributed by atoms with Gasteiger partial charge < -0.3 is 20.2 Å². The highest BCUT2D eigenvalue weighted by Gasteiger charge is 2.05. The van der Waals surface area contributed by atoms with E-state index in [1.54, 1.807) is 36.0 Å². The van der Waals surface area contributed by atoms with Crippen LogP contribution in [0.3, 0.4) is 0 Å². The Morgan fingerprint density at radius 2 is 1.85 bits per heavy atom. The second-order valence-electron chi connectivity index (χ2n) is 7.59. The summed E-state index contributed by atoms with van der Waals surface area (Å²) in [6.07, 6.45) is 4.51. The molecule has 0 amide bonds. The number of nitrogens with one attached hydrogen (secondary N) is 3. The highest BCUT2D eigenvalue weighted by atomic mass is 127. The Morgan fingerprint density at radius 1 is 1.06 bits per heavy atom. The van der Waals surface area contributed by atoms with Crippen LogP contribution in [0.5, 0.6) is 0 Å². The summed E-state index contributed by atoms with van der Waals surface area (Å²) in [4.78, 5) is 19.3. The molecular weight excluding hydrogens is 532 g/mol. The monoisotopic (exact) mass is 559 g/mol. The molecule has 0 fully saturated rings. The van der Waals surface area contributed by atoms with Crippen molar-refractivity contribution in [2.45, 2.75) is 19.5 Å². The summed E-state index contributed by atoms with van der Waals surface area (Å²) in [6, 6.07) is 18.1. The number of aromatic nitrogens is 2. The second kappa shape index (κ2) is 11.6. The Hall–Kier alpha value is -3.14. The van der Waals surface area contributed by atoms with Gasteiger partial charge in [0, 0.05) is 49.5 Å². The lowest BCUT2D eigenvalue weighted by Gasteiger charge is -2.12. The van der Waals surface area contributed by atoms with Crippen molar-refractivity contribution in [2.24, 2.45) is 4.99 Å². The maximum Gasteiger partial charge on any atom is 0.250 e. The van der Waals surface area contributed by atoms with Crippen molar-refractivity contribution in [3.63, 3.8) is 0 Å². The molecule has 3 N–H and O–H groups in total. The predicted octanol–water partition coefficient (Wildman–Crippen LogP) is 4.04. The Balaban J connectivity index is 0.00000306. The lowest BCUT2D eigenvalue weighted by Crippen LogP contribution is -2.37. The molecule has 8 heteroatoms. The zero-order chi connectivity index (χ0) is 22.3. The molecule has 33 heavy (non-hydrogen) atoms. The minimum absolute atomic E-state index is 0. The van der Waals surface area contributed by atoms with Crippen LogP contribution < -0.4 is 16.2 Å². The molecule has 0 spiro atoms. The fraction of sp³-hybridized carbons (Fsp3) is 0.200. The molecule has 2 heterocycles. The maximum absolute atomic E-state index is 13.3. The van der Waals surface area contributed by atoms with Crippen LogP contribution in [0.4, 0.5) is 4.39 Å². The van der Waals surface area contributed by atoms with Gasteiger partial charge in [0.25, 0.3) is 5.56 Å². The molecule has 4 aromatic rings. The number of H-pyrrole nitrogens is 1. The first-order chi connectivity index (χ1) is 15.6. The van der Waals surface area contributed by atoms with Gasteiger partial charge in [-0.25, -0.2) is 4.39 Å². The standard InChI is InChI=1S/C25H26FN5O.HI/c1-27-25(28-12-11-20-16-29-23-14-21(26)9-10-22(20)23)30-15-18-5-7-19(8-6-18)17-31-13-3-2-4-24(31)32;/h2-10,13-14,16,29H,11-12,15,17H2,1H3,(H2,27,28,30);1H. The Morgan fingerprint density at radius 3 is 2.61 bits per heavy atom. The van der Waals surface area contributed by atoms with Crippen LogP contribution in [-0.2, 0) is 19.5 Å². The van der Waals surface area contributed by atoms with Crippen molar-refractivity contribution >= 4 is 40.8 Å². The number of aromatic amines is 1. The van der Waals surface area contributed by atoms with Crippen LogP contribution in [0.15, 0.2) is 82.8 Å². The van der Waals surface area contributed by atoms with Gasteiger partial charge in [0.1, 0.15) is 5.82 Å². The van der Waals surface area contributed by atoms with Gasteiger partial charge in [0.15, 0.2) is 5.96 Å². The van der Waals surface area contributed by atoms with E-state index in [-0.39, 0.29) is 35.4 Å². The highest BCUT2D eigenvalue weighted by Crippen LogP contribution is 2.19. The van der Waals surface area contributed by atoms with Crippen LogP contribution in [0, 0.1) is 5.82 Å². The van der Waals surface area contributed by atoms with Crippen molar-refractivity contribution < 1.29 is 4.39 Å². The third-order valence-corrected chi connectivity index (χ3v) is 5.37. The quantitative estimate of drug-likeness (QED) is 0.182.